The topological polar surface area (TPSA) is 80.4 Å². The fourth-order valence-electron chi connectivity index (χ4n) is 1.97. The minimum Gasteiger partial charge on any atom is -1.00 e. The van der Waals surface area contributed by atoms with E-state index < -0.39 is 25.8 Å². The first-order chi connectivity index (χ1) is 12.7. The zero-order chi connectivity index (χ0) is 22.0. The van der Waals surface area contributed by atoms with Crippen LogP contribution in [0.2, 0.25) is 0 Å². The summed E-state index contributed by atoms with van der Waals surface area (Å²) in [6.45, 7) is 5.24. The van der Waals surface area contributed by atoms with E-state index in [9.17, 15) is 30.6 Å². The number of carbonyl (C=O) groups excluding carboxylic acids is 2. The summed E-state index contributed by atoms with van der Waals surface area (Å²) < 4.78 is 60.5. The van der Waals surface area contributed by atoms with Gasteiger partial charge in [-0.1, -0.05) is 5.16 Å². The molecule has 0 aromatic heterocycles. The van der Waals surface area contributed by atoms with Crippen molar-refractivity contribution in [1.82, 2.24) is 4.90 Å². The molecule has 0 saturated carbocycles. The van der Waals surface area contributed by atoms with Crippen molar-refractivity contribution in [2.45, 2.75) is 26.7 Å². The maximum atomic E-state index is 11.8. The van der Waals surface area contributed by atoms with E-state index in [1.165, 1.54) is 0 Å². The molecule has 0 amide bonds. The second-order valence-corrected chi connectivity index (χ2v) is 6.76. The number of amidine groups is 1. The van der Waals surface area contributed by atoms with Crippen LogP contribution in [0, 0.1) is 0 Å². The Hall–Kier alpha value is -2.11. The Morgan fingerprint density at radius 3 is 1.66 bits per heavy atom. The van der Waals surface area contributed by atoms with Crippen molar-refractivity contribution in [3.63, 3.8) is 0 Å². The summed E-state index contributed by atoms with van der Waals surface area (Å²) >= 11 is 0. The van der Waals surface area contributed by atoms with Gasteiger partial charge in [0.15, 0.2) is 0 Å². The minimum absolute atomic E-state index is 0. The quantitative estimate of drug-likeness (QED) is 0.0853. The van der Waals surface area contributed by atoms with Gasteiger partial charge in [0.05, 0.1) is 40.4 Å². The number of halogens is 6. The van der Waals surface area contributed by atoms with E-state index in [0.29, 0.717) is 6.02 Å². The van der Waals surface area contributed by atoms with Crippen molar-refractivity contribution in [2.24, 2.45) is 5.16 Å². The minimum atomic E-state index is -8.55. The van der Waals surface area contributed by atoms with Gasteiger partial charge >= 0.3 is 47.1 Å². The van der Waals surface area contributed by atoms with Crippen LogP contribution in [0.1, 0.15) is 26.7 Å². The van der Waals surface area contributed by atoms with Crippen molar-refractivity contribution >= 4 is 31.8 Å². The van der Waals surface area contributed by atoms with Gasteiger partial charge in [-0.3, -0.25) is 4.84 Å². The first-order valence-electron chi connectivity index (χ1n) is 8.24. The van der Waals surface area contributed by atoms with Crippen LogP contribution in [0.4, 0.5) is 21.0 Å². The van der Waals surface area contributed by atoms with E-state index >= 15 is 0 Å². The first kappa shape index (κ1) is 29.1. The SMILES string of the molecule is CCOC(=O)C(=NOC(N1CCCC1)=[N+](C)C)C(=O)OCC.FP(F)(F)(F)F.[F-]. The predicted molar refractivity (Wildman–Crippen MR) is 92.2 cm³/mol. The molecule has 1 saturated heterocycles. The molecule has 0 bridgehead atoms. The van der Waals surface area contributed by atoms with Crippen molar-refractivity contribution < 1.29 is 54.2 Å². The molecule has 1 aliphatic heterocycles. The summed E-state index contributed by atoms with van der Waals surface area (Å²) in [5.41, 5.74) is -0.498. The molecule has 172 valence electrons. The summed E-state index contributed by atoms with van der Waals surface area (Å²) in [6.07, 6.45) is 2.13. The molecule has 0 aromatic carbocycles. The van der Waals surface area contributed by atoms with E-state index in [1.807, 2.05) is 4.90 Å². The number of ether oxygens (including phenoxy) is 2. The van der Waals surface area contributed by atoms with Gasteiger partial charge in [-0.2, -0.15) is 0 Å². The second kappa shape index (κ2) is 12.5. The number of esters is 2. The van der Waals surface area contributed by atoms with Crippen LogP contribution < -0.4 is 4.70 Å². The van der Waals surface area contributed by atoms with Crippen molar-refractivity contribution in [1.29, 1.82) is 0 Å². The van der Waals surface area contributed by atoms with Crippen LogP contribution >= 0.6 is 8.16 Å². The van der Waals surface area contributed by atoms with Crippen molar-refractivity contribution in [3.8, 4) is 0 Å². The van der Waals surface area contributed by atoms with Crippen LogP contribution in [0.5, 0.6) is 0 Å². The Kier molecular flexibility index (Phi) is 12.5. The van der Waals surface area contributed by atoms with E-state index in [-0.39, 0.29) is 17.9 Å². The molecule has 15 heteroatoms. The van der Waals surface area contributed by atoms with Gasteiger partial charge in [0.25, 0.3) is 5.71 Å². The molecule has 0 unspecified atom stereocenters. The standard InChI is InChI=1S/C14H24N3O5.F5P.FH/c1-5-20-12(18)11(13(19)21-6-2)15-22-14(16(3)4)17-9-7-8-10-17;1-6(2,3,4)5;/h5-10H2,1-4H3;;1H/q+1;;/p-1. The Labute approximate surface area is 164 Å². The monoisotopic (exact) mass is 459 g/mol. The van der Waals surface area contributed by atoms with Crippen LogP contribution in [0.3, 0.4) is 0 Å². The third-order valence-electron chi connectivity index (χ3n) is 2.92. The normalized spacial score (nSPS) is 14.1. The molecule has 1 heterocycles. The maximum absolute atomic E-state index is 11.8. The molecule has 0 aliphatic carbocycles. The number of hydrogen-bond donors (Lipinski definition) is 0. The summed E-state index contributed by atoms with van der Waals surface area (Å²) in [5, 5.41) is 3.67. The third kappa shape index (κ3) is 14.5. The Morgan fingerprint density at radius 2 is 1.34 bits per heavy atom. The van der Waals surface area contributed by atoms with Gasteiger partial charge < -0.3 is 14.2 Å². The molecule has 0 radical (unpaired) electrons. The number of hydrogen-bond acceptors (Lipinski definition) is 6. The van der Waals surface area contributed by atoms with E-state index in [2.05, 4.69) is 5.16 Å². The maximum Gasteiger partial charge on any atom is -1.00 e. The van der Waals surface area contributed by atoms with Crippen LogP contribution in [0.25, 0.3) is 0 Å². The number of carbonyl (C=O) groups is 2. The van der Waals surface area contributed by atoms with Crippen LogP contribution in [-0.2, 0) is 23.9 Å². The zero-order valence-corrected chi connectivity index (χ0v) is 17.2. The molecule has 29 heavy (non-hydrogen) atoms. The molecule has 1 rings (SSSR count). The number of oxime groups is 1. The number of nitrogens with zero attached hydrogens (tertiary/aromatic N) is 3. The van der Waals surface area contributed by atoms with E-state index in [1.54, 1.807) is 32.5 Å². The summed E-state index contributed by atoms with van der Waals surface area (Å²) in [6, 6.07) is 0.476. The molecule has 1 aliphatic rings. The molecule has 0 aromatic rings. The fraction of sp³-hybridized carbons (Fsp3) is 0.714. The molecule has 0 N–H and O–H groups in total. The Morgan fingerprint density at radius 1 is 0.966 bits per heavy atom. The number of likely N-dealkylation sites (tertiary alicyclic amines) is 1. The number of rotatable bonds is 5. The van der Waals surface area contributed by atoms with Gasteiger partial charge in [-0.15, -0.1) is 0 Å². The molecule has 1 fully saturated rings. The van der Waals surface area contributed by atoms with Gasteiger partial charge in [-0.05, 0) is 26.7 Å². The van der Waals surface area contributed by atoms with E-state index in [0.717, 1.165) is 25.9 Å². The second-order valence-electron chi connectivity index (χ2n) is 5.48. The largest absolute Gasteiger partial charge is 1.00 e. The van der Waals surface area contributed by atoms with Gasteiger partial charge in [0.2, 0.25) is 0 Å². The molecule has 0 spiro atoms. The fourth-order valence-corrected chi connectivity index (χ4v) is 1.97. The van der Waals surface area contributed by atoms with Crippen molar-refractivity contribution in [2.75, 3.05) is 40.4 Å². The van der Waals surface area contributed by atoms with Crippen molar-refractivity contribution in [3.05, 3.63) is 0 Å². The Bertz CT molecular complexity index is 578. The smallest absolute Gasteiger partial charge is 1.00 e. The van der Waals surface area contributed by atoms with Gasteiger partial charge in [0, 0.05) is 0 Å². The predicted octanol–water partition coefficient (Wildman–Crippen LogP) is 0.175. The summed E-state index contributed by atoms with van der Waals surface area (Å²) in [4.78, 5) is 30.9. The van der Waals surface area contributed by atoms with Crippen LogP contribution in [-0.4, -0.2) is 73.5 Å². The molecule has 0 atom stereocenters. The Balaban J connectivity index is 0. The van der Waals surface area contributed by atoms with Gasteiger partial charge in [0.1, 0.15) is 0 Å². The summed E-state index contributed by atoms with van der Waals surface area (Å²) in [5.74, 6) is -1.72. The molecule has 8 nitrogen and oxygen atoms in total. The molecular formula is C14H24F6N3O5P. The first-order valence-corrected chi connectivity index (χ1v) is 9.93. The average molecular weight is 459 g/mol. The average Bonchev–Trinajstić information content (AvgIpc) is 3.03. The van der Waals surface area contributed by atoms with Crippen LogP contribution in [0.15, 0.2) is 5.16 Å². The zero-order valence-electron chi connectivity index (χ0n) is 16.3. The summed E-state index contributed by atoms with van der Waals surface area (Å²) in [7, 11) is -4.94. The third-order valence-corrected chi connectivity index (χ3v) is 2.92. The molecular weight excluding hydrogens is 435 g/mol. The van der Waals surface area contributed by atoms with Gasteiger partial charge in [-0.25, -0.2) is 19.1 Å². The van der Waals surface area contributed by atoms with E-state index in [4.69, 9.17) is 14.3 Å².